The Kier molecular flexibility index (Phi) is 7.27. The van der Waals surface area contributed by atoms with Gasteiger partial charge in [-0.2, -0.15) is 5.10 Å². The number of nitro benzene ring substituents is 1. The third-order valence-electron chi connectivity index (χ3n) is 4.87. The monoisotopic (exact) mass is 493 g/mol. The van der Waals surface area contributed by atoms with Crippen LogP contribution in [0.1, 0.15) is 28.6 Å². The number of carbonyl (C=O) groups is 1. The number of carbonyl (C=O) groups excluding carboxylic acids is 1. The first-order valence-electron chi connectivity index (χ1n) is 10.6. The number of halogens is 1. The molecule has 3 aromatic carbocycles. The van der Waals surface area contributed by atoms with Crippen LogP contribution in [0.4, 0.5) is 5.69 Å². The Balaban J connectivity index is 1.46. The van der Waals surface area contributed by atoms with Crippen molar-refractivity contribution < 1.29 is 23.6 Å². The van der Waals surface area contributed by atoms with Crippen molar-refractivity contribution in [1.82, 2.24) is 5.43 Å². The molecule has 4 rings (SSSR count). The summed E-state index contributed by atoms with van der Waals surface area (Å²) in [4.78, 5) is 22.9. The number of hydrogen-bond acceptors (Lipinski definition) is 7. The van der Waals surface area contributed by atoms with Gasteiger partial charge in [-0.15, -0.1) is 0 Å². The molecular formula is C25H20ClN3O6. The predicted molar refractivity (Wildman–Crippen MR) is 131 cm³/mol. The van der Waals surface area contributed by atoms with Gasteiger partial charge in [0.2, 0.25) is 0 Å². The van der Waals surface area contributed by atoms with Crippen LogP contribution < -0.4 is 14.9 Å². The summed E-state index contributed by atoms with van der Waals surface area (Å²) in [5, 5.41) is 16.0. The molecule has 0 radical (unpaired) electrons. The second-order valence-corrected chi connectivity index (χ2v) is 7.73. The molecule has 0 saturated heterocycles. The zero-order chi connectivity index (χ0) is 24.8. The Morgan fingerprint density at radius 2 is 1.97 bits per heavy atom. The molecule has 0 spiro atoms. The molecule has 0 aliphatic rings. The van der Waals surface area contributed by atoms with Gasteiger partial charge in [0.15, 0.2) is 17.3 Å². The number of benzene rings is 3. The van der Waals surface area contributed by atoms with Crippen LogP contribution in [-0.2, 0) is 6.61 Å². The van der Waals surface area contributed by atoms with E-state index in [9.17, 15) is 14.9 Å². The molecular weight excluding hydrogens is 474 g/mol. The second kappa shape index (κ2) is 10.7. The highest BCUT2D eigenvalue weighted by molar-refractivity contribution is 6.32. The highest BCUT2D eigenvalue weighted by Gasteiger charge is 2.14. The summed E-state index contributed by atoms with van der Waals surface area (Å²) in [5.74, 6) is 0.311. The average molecular weight is 494 g/mol. The van der Waals surface area contributed by atoms with Gasteiger partial charge in [-0.3, -0.25) is 14.9 Å². The summed E-state index contributed by atoms with van der Waals surface area (Å²) in [5.41, 5.74) is 4.17. The molecule has 1 amide bonds. The number of nitro groups is 1. The molecule has 35 heavy (non-hydrogen) atoms. The van der Waals surface area contributed by atoms with Crippen LogP contribution in [0.15, 0.2) is 76.2 Å². The summed E-state index contributed by atoms with van der Waals surface area (Å²) >= 11 is 6.42. The quantitative estimate of drug-likeness (QED) is 0.181. The van der Waals surface area contributed by atoms with E-state index in [1.54, 1.807) is 36.4 Å². The number of hydrazone groups is 1. The molecule has 0 atom stereocenters. The number of nitrogens with zero attached hydrogens (tertiary/aromatic N) is 2. The average Bonchev–Trinajstić information content (AvgIpc) is 3.28. The minimum absolute atomic E-state index is 0.0292. The summed E-state index contributed by atoms with van der Waals surface area (Å²) in [6.07, 6.45) is 1.42. The number of rotatable bonds is 9. The third kappa shape index (κ3) is 5.77. The van der Waals surface area contributed by atoms with Gasteiger partial charge < -0.3 is 13.9 Å². The molecule has 178 valence electrons. The van der Waals surface area contributed by atoms with Crippen molar-refractivity contribution in [1.29, 1.82) is 0 Å². The van der Waals surface area contributed by atoms with Gasteiger partial charge in [0, 0.05) is 17.5 Å². The third-order valence-corrected chi connectivity index (χ3v) is 5.15. The summed E-state index contributed by atoms with van der Waals surface area (Å²) in [7, 11) is 0. The van der Waals surface area contributed by atoms with E-state index < -0.39 is 10.8 Å². The molecule has 1 heterocycles. The molecule has 0 aliphatic carbocycles. The second-order valence-electron chi connectivity index (χ2n) is 7.33. The Morgan fingerprint density at radius 3 is 2.74 bits per heavy atom. The van der Waals surface area contributed by atoms with Crippen LogP contribution in [0, 0.1) is 10.1 Å². The SMILES string of the molecule is CCOc1cc(/C=N/NC(=O)c2cc3ccccc3o2)cc(Cl)c1OCc1cccc([N+](=O)[O-])c1. The zero-order valence-corrected chi connectivity index (χ0v) is 19.3. The number of para-hydroxylation sites is 1. The van der Waals surface area contributed by atoms with Crippen molar-refractivity contribution in [3.05, 3.63) is 98.8 Å². The topological polar surface area (TPSA) is 116 Å². The minimum atomic E-state index is -0.495. The van der Waals surface area contributed by atoms with Gasteiger partial charge in [-0.1, -0.05) is 41.9 Å². The van der Waals surface area contributed by atoms with Gasteiger partial charge in [0.1, 0.15) is 12.2 Å². The Labute approximate surface area is 205 Å². The molecule has 4 aromatic rings. The van der Waals surface area contributed by atoms with E-state index in [0.29, 0.717) is 34.8 Å². The van der Waals surface area contributed by atoms with Crippen LogP contribution in [0.2, 0.25) is 5.02 Å². The molecule has 0 saturated carbocycles. The highest BCUT2D eigenvalue weighted by Crippen LogP contribution is 2.37. The van der Waals surface area contributed by atoms with E-state index in [1.807, 2.05) is 25.1 Å². The van der Waals surface area contributed by atoms with Crippen molar-refractivity contribution in [2.24, 2.45) is 5.10 Å². The lowest BCUT2D eigenvalue weighted by molar-refractivity contribution is -0.384. The zero-order valence-electron chi connectivity index (χ0n) is 18.6. The standard InChI is InChI=1S/C25H20ClN3O6/c1-2-33-22-12-17(14-27-28-25(30)23-13-18-7-3-4-9-21(18)35-23)11-20(26)24(22)34-15-16-6-5-8-19(10-16)29(31)32/h3-14H,2,15H2,1H3,(H,28,30)/b27-14+. The van der Waals surface area contributed by atoms with Crippen LogP contribution in [0.5, 0.6) is 11.5 Å². The number of nitrogens with one attached hydrogen (secondary N) is 1. The number of furan rings is 1. The fourth-order valence-corrected chi connectivity index (χ4v) is 3.57. The van der Waals surface area contributed by atoms with E-state index in [1.165, 1.54) is 18.3 Å². The van der Waals surface area contributed by atoms with Gasteiger partial charge in [-0.25, -0.2) is 5.43 Å². The van der Waals surface area contributed by atoms with Gasteiger partial charge in [-0.05, 0) is 42.3 Å². The summed E-state index contributed by atoms with van der Waals surface area (Å²) in [6.45, 7) is 2.22. The first kappa shape index (κ1) is 23.8. The highest BCUT2D eigenvalue weighted by atomic mass is 35.5. The summed E-state index contributed by atoms with van der Waals surface area (Å²) in [6, 6.07) is 18.3. The van der Waals surface area contributed by atoms with Crippen LogP contribution in [-0.4, -0.2) is 23.7 Å². The smallest absolute Gasteiger partial charge is 0.307 e. The van der Waals surface area contributed by atoms with Gasteiger partial charge in [0.05, 0.1) is 22.8 Å². The molecule has 9 nitrogen and oxygen atoms in total. The maximum absolute atomic E-state index is 12.3. The maximum atomic E-state index is 12.3. The normalized spacial score (nSPS) is 11.0. The van der Waals surface area contributed by atoms with Crippen molar-refractivity contribution in [2.75, 3.05) is 6.61 Å². The molecule has 1 aromatic heterocycles. The molecule has 0 aliphatic heterocycles. The lowest BCUT2D eigenvalue weighted by atomic mass is 10.2. The first-order valence-corrected chi connectivity index (χ1v) is 11.0. The number of non-ortho nitro benzene ring substituents is 1. The lowest BCUT2D eigenvalue weighted by Gasteiger charge is -2.14. The van der Waals surface area contributed by atoms with Crippen LogP contribution in [0.25, 0.3) is 11.0 Å². The number of ether oxygens (including phenoxy) is 2. The molecule has 10 heteroatoms. The Bertz CT molecular complexity index is 1380. The van der Waals surface area contributed by atoms with Crippen molar-refractivity contribution in [3.8, 4) is 11.5 Å². The number of amides is 1. The minimum Gasteiger partial charge on any atom is -0.490 e. The maximum Gasteiger partial charge on any atom is 0.307 e. The Morgan fingerprint density at radius 1 is 1.14 bits per heavy atom. The van der Waals surface area contributed by atoms with Crippen LogP contribution >= 0.6 is 11.6 Å². The molecule has 0 fully saturated rings. The van der Waals surface area contributed by atoms with Crippen molar-refractivity contribution in [3.63, 3.8) is 0 Å². The molecule has 0 unspecified atom stereocenters. The van der Waals surface area contributed by atoms with E-state index in [-0.39, 0.29) is 23.1 Å². The predicted octanol–water partition coefficient (Wildman–Crippen LogP) is 5.74. The van der Waals surface area contributed by atoms with Crippen LogP contribution in [0.3, 0.4) is 0 Å². The van der Waals surface area contributed by atoms with E-state index in [2.05, 4.69) is 10.5 Å². The lowest BCUT2D eigenvalue weighted by Crippen LogP contribution is -2.16. The largest absolute Gasteiger partial charge is 0.490 e. The fraction of sp³-hybridized carbons (Fsp3) is 0.120. The number of fused-ring (bicyclic) bond motifs is 1. The van der Waals surface area contributed by atoms with Crippen molar-refractivity contribution >= 4 is 40.4 Å². The summed E-state index contributed by atoms with van der Waals surface area (Å²) < 4.78 is 17.0. The molecule has 1 N–H and O–H groups in total. The van der Waals surface area contributed by atoms with E-state index >= 15 is 0 Å². The van der Waals surface area contributed by atoms with E-state index in [4.69, 9.17) is 25.5 Å². The van der Waals surface area contributed by atoms with E-state index in [0.717, 1.165) is 5.39 Å². The fourth-order valence-electron chi connectivity index (χ4n) is 3.30. The Hall–Kier alpha value is -4.37. The number of hydrogen-bond donors (Lipinski definition) is 1. The van der Waals surface area contributed by atoms with Gasteiger partial charge in [0.25, 0.3) is 5.69 Å². The molecule has 0 bridgehead atoms. The first-order chi connectivity index (χ1) is 16.9. The van der Waals surface area contributed by atoms with Crippen molar-refractivity contribution in [2.45, 2.75) is 13.5 Å². The van der Waals surface area contributed by atoms with Gasteiger partial charge >= 0.3 is 5.91 Å².